The van der Waals surface area contributed by atoms with Crippen molar-refractivity contribution in [3.05, 3.63) is 46.6 Å². The minimum absolute atomic E-state index is 0.00140. The van der Waals surface area contributed by atoms with Crippen molar-refractivity contribution in [1.82, 2.24) is 0 Å². The first kappa shape index (κ1) is 142. The number of allylic oxidation sites excluding steroid dienone is 4. The number of unbranched alkanes of at least 4 members (excludes halogenated alkanes) is 70. The van der Waals surface area contributed by atoms with Crippen molar-refractivity contribution in [3.8, 4) is 0 Å². The summed E-state index contributed by atoms with van der Waals surface area (Å²) in [4.78, 5) is 74.2. The van der Waals surface area contributed by atoms with Crippen LogP contribution in [0.1, 0.15) is 657 Å². The van der Waals surface area contributed by atoms with Crippen LogP contribution in [-0.2, 0) is 61.9 Å². The number of hydrogen-bond acceptors (Lipinski definition) is 16. The summed E-state index contributed by atoms with van der Waals surface area (Å²) in [6, 6.07) is 0. The molecule has 2 aliphatic rings. The zero-order chi connectivity index (χ0) is 110. The van der Waals surface area contributed by atoms with Crippen LogP contribution in [-0.4, -0.2) is 120 Å². The first-order valence-corrected chi connectivity index (χ1v) is 65.4. The Morgan fingerprint density at radius 1 is 0.247 bits per heavy atom. The van der Waals surface area contributed by atoms with Gasteiger partial charge in [0.15, 0.2) is 24.4 Å². The molecule has 2 saturated heterocycles. The molecule has 0 aliphatic carbocycles. The predicted octanol–water partition coefficient (Wildman–Crippen LogP) is 39.1. The van der Waals surface area contributed by atoms with Crippen molar-refractivity contribution < 1.29 is 77.2 Å². The Kier molecular flexibility index (Phi) is 93.1. The highest BCUT2D eigenvalue weighted by molar-refractivity contribution is 5.89. The van der Waals surface area contributed by atoms with Gasteiger partial charge >= 0.3 is 29.8 Å². The maximum atomic E-state index is 15.1. The third-order valence-corrected chi connectivity index (χ3v) is 32.8. The third kappa shape index (κ3) is 76.7. The van der Waals surface area contributed by atoms with Gasteiger partial charge in [-0.3, -0.25) is 4.79 Å². The van der Waals surface area contributed by atoms with Crippen molar-refractivity contribution in [3.63, 3.8) is 0 Å². The smallest absolute Gasteiger partial charge is 0.333 e. The number of hydrogen-bond donors (Lipinski definition) is 3. The molecule has 0 aromatic carbocycles. The standard InChI is InChI=1S/C134H248O16/c1-18-23-28-33-38-43-48-53-57-59-60-62-67-71-75-78-83-88-93-108(6)98-112(10)102-116(14)129(139)143-107-121-123(137)126(148-131(141)118(16)104-114(12)100-110(8)95-90-85-81-76-70-66-61-58-54-49-44-39-34-29-24-19-2)128(146-122(136)97-92-87-82-77-72-63-52-47-42-37-32-27-22-5)134(145-121)150-133-127(149-132(142)119(17)105-115(13)101-111(9)96-91-86-80-74-69-65-56-51-46-41-36-31-26-21-4)124(138)125(120(106-135)144-133)147-130(140)117(15)103-113(11)99-109(7)94-89-84-79-73-68-64-55-50-45-40-35-30-25-20-3/h102-105,108-115,120-121,123-128,133-135,137-138H,18-101,106-107H2,1-17H3/b116-102+,117-103+,118-104+,119-105+/t108-,109-,110-,111-,112-,113-,114-,115-,120?,121?,123+,124?,125+,126?,127-,128+,133+,134+/m0/s1. The summed E-state index contributed by atoms with van der Waals surface area (Å²) < 4.78 is 52.3. The second-order valence-corrected chi connectivity index (χ2v) is 48.9. The summed E-state index contributed by atoms with van der Waals surface area (Å²) in [5.41, 5.74) is 1.18. The van der Waals surface area contributed by atoms with Crippen molar-refractivity contribution in [2.24, 2.45) is 47.3 Å². The van der Waals surface area contributed by atoms with E-state index >= 15 is 9.59 Å². The maximum absolute atomic E-state index is 15.1. The summed E-state index contributed by atoms with van der Waals surface area (Å²) >= 11 is 0. The molecule has 0 bridgehead atoms. The van der Waals surface area contributed by atoms with Crippen LogP contribution in [0.4, 0.5) is 0 Å². The Morgan fingerprint density at radius 3 is 0.700 bits per heavy atom. The summed E-state index contributed by atoms with van der Waals surface area (Å²) in [6.07, 6.45) is 93.8. The number of rotatable bonds is 105. The molecule has 16 nitrogen and oxygen atoms in total. The van der Waals surface area contributed by atoms with E-state index in [1.54, 1.807) is 27.7 Å². The number of ether oxygens (including phenoxy) is 8. The van der Waals surface area contributed by atoms with Gasteiger partial charge in [-0.2, -0.15) is 0 Å². The van der Waals surface area contributed by atoms with Gasteiger partial charge in [0.05, 0.1) is 6.61 Å². The molecule has 0 radical (unpaired) electrons. The van der Waals surface area contributed by atoms with E-state index in [0.29, 0.717) is 41.2 Å². The summed E-state index contributed by atoms with van der Waals surface area (Å²) in [7, 11) is 0. The lowest BCUT2D eigenvalue weighted by Crippen LogP contribution is -2.66. The fourth-order valence-corrected chi connectivity index (χ4v) is 23.4. The normalized spacial score (nSPS) is 20.1. The molecular formula is C134H248O16. The molecule has 0 aromatic rings. The summed E-state index contributed by atoms with van der Waals surface area (Å²) in [5.74, 6) is -2.17. The highest BCUT2D eigenvalue weighted by Gasteiger charge is 2.56. The average molecular weight is 2120 g/mol. The van der Waals surface area contributed by atoms with E-state index in [2.05, 4.69) is 90.0 Å². The molecule has 880 valence electrons. The molecule has 2 aliphatic heterocycles. The fraction of sp³-hybridized carbons (Fsp3) is 0.903. The number of esters is 5. The minimum Gasteiger partial charge on any atom is -0.459 e. The zero-order valence-electron chi connectivity index (χ0n) is 102. The van der Waals surface area contributed by atoms with Gasteiger partial charge in [-0.25, -0.2) is 19.2 Å². The van der Waals surface area contributed by atoms with Crippen LogP contribution in [0.5, 0.6) is 0 Å². The lowest BCUT2D eigenvalue weighted by molar-refractivity contribution is -0.377. The predicted molar refractivity (Wildman–Crippen MR) is 633 cm³/mol. The quantitative estimate of drug-likeness (QED) is 0.0223. The van der Waals surface area contributed by atoms with E-state index in [4.69, 9.17) is 37.9 Å². The van der Waals surface area contributed by atoms with Crippen LogP contribution in [0.25, 0.3) is 0 Å². The van der Waals surface area contributed by atoms with Crippen LogP contribution in [0.2, 0.25) is 0 Å². The van der Waals surface area contributed by atoms with E-state index in [1.165, 1.54) is 424 Å². The Morgan fingerprint density at radius 2 is 0.453 bits per heavy atom. The van der Waals surface area contributed by atoms with Gasteiger partial charge in [0, 0.05) is 28.7 Å². The van der Waals surface area contributed by atoms with Gasteiger partial charge < -0.3 is 53.2 Å². The number of aliphatic hydroxyl groups excluding tert-OH is 3. The van der Waals surface area contributed by atoms with Crippen LogP contribution in [0.3, 0.4) is 0 Å². The van der Waals surface area contributed by atoms with Crippen molar-refractivity contribution in [2.45, 2.75) is 718 Å². The molecule has 2 rings (SSSR count). The highest BCUT2D eigenvalue weighted by atomic mass is 16.8. The molecule has 0 spiro atoms. The Balaban J connectivity index is 2.68. The molecule has 3 N–H and O–H groups in total. The van der Waals surface area contributed by atoms with Crippen molar-refractivity contribution >= 4 is 29.8 Å². The fourth-order valence-electron chi connectivity index (χ4n) is 23.4. The molecule has 16 heteroatoms. The molecule has 150 heavy (non-hydrogen) atoms. The minimum atomic E-state index is -1.92. The molecule has 4 unspecified atom stereocenters. The van der Waals surface area contributed by atoms with Gasteiger partial charge in [-0.15, -0.1) is 0 Å². The molecule has 2 heterocycles. The second kappa shape index (κ2) is 98.2. The average Bonchev–Trinajstić information content (AvgIpc) is 0.768. The Labute approximate surface area is 927 Å². The van der Waals surface area contributed by atoms with Crippen LogP contribution in [0, 0.1) is 47.3 Å². The summed E-state index contributed by atoms with van der Waals surface area (Å²) in [6.45, 7) is 34.2. The largest absolute Gasteiger partial charge is 0.459 e. The van der Waals surface area contributed by atoms with Gasteiger partial charge in [-0.1, -0.05) is 615 Å². The van der Waals surface area contributed by atoms with Crippen LogP contribution >= 0.6 is 0 Å². The first-order chi connectivity index (χ1) is 72.7. The summed E-state index contributed by atoms with van der Waals surface area (Å²) in [5, 5.41) is 37.6. The highest BCUT2D eigenvalue weighted by Crippen LogP contribution is 2.38. The molecule has 0 amide bonds. The Bertz CT molecular complexity index is 3270. The van der Waals surface area contributed by atoms with E-state index in [1.807, 2.05) is 24.3 Å². The van der Waals surface area contributed by atoms with Gasteiger partial charge in [0.2, 0.25) is 12.6 Å². The number of aliphatic hydroxyl groups is 3. The van der Waals surface area contributed by atoms with Crippen molar-refractivity contribution in [1.29, 1.82) is 0 Å². The second-order valence-electron chi connectivity index (χ2n) is 48.9. The van der Waals surface area contributed by atoms with E-state index in [9.17, 15) is 29.7 Å². The van der Waals surface area contributed by atoms with E-state index < -0.39 is 104 Å². The van der Waals surface area contributed by atoms with E-state index in [-0.39, 0.29) is 41.2 Å². The first-order valence-electron chi connectivity index (χ1n) is 65.4. The zero-order valence-corrected chi connectivity index (χ0v) is 102. The number of carbonyl (C=O) groups excluding carboxylic acids is 5. The van der Waals surface area contributed by atoms with Crippen LogP contribution < -0.4 is 0 Å². The van der Waals surface area contributed by atoms with E-state index in [0.717, 1.165) is 103 Å². The maximum Gasteiger partial charge on any atom is 0.333 e. The van der Waals surface area contributed by atoms with Gasteiger partial charge in [0.1, 0.15) is 31.0 Å². The molecule has 0 aromatic heterocycles. The SMILES string of the molecule is CCCCCCCCCCCCCCCCCCCC[C@H](C)C[C@H](C)/C=C(\C)C(=O)OCC1O[C@H](O[C@H]2OC(CO)[C@@H](OC(=O)/C(C)=C/[C@@H](C)C[C@@H](C)CCCCCCCCCCCCCCCC)C(O)[C@@H]2OC(=O)/C(C)=C/[C@@H](C)C[C@@H](C)CCCCCCCCCCCCCCCC)[C@H](OC(=O)CCCCCCCCCCCCCCC)C(OC(=O)/C(C)=C/[C@@H](C)C[C@@H](C)CCCCCCCCCCCCCCCCCC)[C@@H]1O. The monoisotopic (exact) mass is 2110 g/mol. The van der Waals surface area contributed by atoms with Crippen LogP contribution in [0.15, 0.2) is 46.6 Å². The molecule has 0 saturated carbocycles. The van der Waals surface area contributed by atoms with Gasteiger partial charge in [-0.05, 0) is 107 Å². The Hall–Kier alpha value is -3.93. The molecular weight excluding hydrogens is 1870 g/mol. The lowest BCUT2D eigenvalue weighted by atomic mass is 9.91. The topological polar surface area (TPSA) is 220 Å². The van der Waals surface area contributed by atoms with Gasteiger partial charge in [0.25, 0.3) is 0 Å². The number of carbonyl (C=O) groups is 5. The lowest BCUT2D eigenvalue weighted by Gasteiger charge is -2.47. The third-order valence-electron chi connectivity index (χ3n) is 32.8. The molecule has 2 fully saturated rings. The van der Waals surface area contributed by atoms with Crippen molar-refractivity contribution in [2.75, 3.05) is 13.2 Å². The molecule has 18 atom stereocenters.